The lowest BCUT2D eigenvalue weighted by atomic mass is 9.82. The van der Waals surface area contributed by atoms with E-state index in [-0.39, 0.29) is 18.8 Å². The van der Waals surface area contributed by atoms with Crippen LogP contribution in [-0.4, -0.2) is 35.6 Å². The Bertz CT molecular complexity index is 921. The molecule has 3 rings (SSSR count). The molecule has 166 valence electrons. The molecular weight excluding hydrogens is 417 g/mol. The summed E-state index contributed by atoms with van der Waals surface area (Å²) in [6, 6.07) is 12.4. The molecule has 0 spiro atoms. The molecule has 31 heavy (non-hydrogen) atoms. The first kappa shape index (κ1) is 22.4. The van der Waals surface area contributed by atoms with Crippen LogP contribution in [0.3, 0.4) is 0 Å². The molecule has 3 atom stereocenters. The van der Waals surface area contributed by atoms with Gasteiger partial charge in [-0.05, 0) is 30.2 Å². The number of urea groups is 1. The normalized spacial score (nSPS) is 23.5. The van der Waals surface area contributed by atoms with Gasteiger partial charge in [0.25, 0.3) is 5.72 Å². The van der Waals surface area contributed by atoms with E-state index in [1.165, 1.54) is 36.5 Å². The fourth-order valence-corrected chi connectivity index (χ4v) is 3.33. The molecule has 2 aromatic rings. The predicted octanol–water partition coefficient (Wildman–Crippen LogP) is 3.05. The molecule has 0 saturated carbocycles. The summed E-state index contributed by atoms with van der Waals surface area (Å²) in [6.07, 6.45) is -5.32. The minimum absolute atomic E-state index is 0.169. The molecule has 2 amide bonds. The van der Waals surface area contributed by atoms with Crippen molar-refractivity contribution in [3.63, 3.8) is 0 Å². The van der Waals surface area contributed by atoms with Crippen molar-refractivity contribution in [1.29, 1.82) is 0 Å². The number of ether oxygens (including phenoxy) is 2. The number of hydrogen-bond donors (Lipinski definition) is 3. The highest BCUT2D eigenvalue weighted by Gasteiger charge is 2.67. The Kier molecular flexibility index (Phi) is 6.40. The second-order valence-corrected chi connectivity index (χ2v) is 6.91. The van der Waals surface area contributed by atoms with Crippen LogP contribution in [0.2, 0.25) is 0 Å². The first-order valence-electron chi connectivity index (χ1n) is 9.47. The SMILES string of the molecule is CCOC(=O)[C@@H]1[C@H](c2ccc(OCc3ccccc3)cc2)NC(=O)N[C@]1(O)C(F)(F)F. The van der Waals surface area contributed by atoms with E-state index in [4.69, 9.17) is 9.47 Å². The number of amides is 2. The van der Waals surface area contributed by atoms with E-state index >= 15 is 0 Å². The Morgan fingerprint density at radius 2 is 1.77 bits per heavy atom. The molecule has 0 bridgehead atoms. The highest BCUT2D eigenvalue weighted by molar-refractivity contribution is 5.83. The van der Waals surface area contributed by atoms with E-state index in [9.17, 15) is 27.9 Å². The van der Waals surface area contributed by atoms with Crippen LogP contribution in [0.25, 0.3) is 0 Å². The van der Waals surface area contributed by atoms with E-state index in [0.717, 1.165) is 5.56 Å². The molecule has 1 aliphatic heterocycles. The molecule has 0 aromatic heterocycles. The minimum atomic E-state index is -5.32. The van der Waals surface area contributed by atoms with Gasteiger partial charge in [0, 0.05) is 0 Å². The van der Waals surface area contributed by atoms with Gasteiger partial charge in [-0.15, -0.1) is 0 Å². The standard InChI is InChI=1S/C21H21F3N2O5/c1-2-30-18(27)16-17(25-19(28)26-20(16,29)21(22,23)24)14-8-10-15(11-9-14)31-12-13-6-4-3-5-7-13/h3-11,16-17,29H,2,12H2,1H3,(H2,25,26,28)/t16-,17-,20+/m0/s1. The molecule has 0 aliphatic carbocycles. The van der Waals surface area contributed by atoms with E-state index in [1.807, 2.05) is 30.3 Å². The molecule has 1 heterocycles. The number of esters is 1. The summed E-state index contributed by atoms with van der Waals surface area (Å²) < 4.78 is 51.3. The van der Waals surface area contributed by atoms with Gasteiger partial charge in [0.05, 0.1) is 12.6 Å². The summed E-state index contributed by atoms with van der Waals surface area (Å²) in [6.45, 7) is 1.51. The third kappa shape index (κ3) is 4.74. The second kappa shape index (κ2) is 8.84. The number of hydrogen-bond acceptors (Lipinski definition) is 5. The molecule has 1 aliphatic rings. The van der Waals surface area contributed by atoms with Gasteiger partial charge in [-0.1, -0.05) is 42.5 Å². The Morgan fingerprint density at radius 3 is 2.35 bits per heavy atom. The summed E-state index contributed by atoms with van der Waals surface area (Å²) in [4.78, 5) is 24.3. The van der Waals surface area contributed by atoms with Gasteiger partial charge in [0.2, 0.25) is 0 Å². The largest absolute Gasteiger partial charge is 0.489 e. The van der Waals surface area contributed by atoms with Gasteiger partial charge in [0.1, 0.15) is 18.3 Å². The summed E-state index contributed by atoms with van der Waals surface area (Å²) in [5.41, 5.74) is -2.70. The Labute approximate surface area is 176 Å². The van der Waals surface area contributed by atoms with Crippen molar-refractivity contribution in [2.45, 2.75) is 31.5 Å². The number of carbonyl (C=O) groups is 2. The highest BCUT2D eigenvalue weighted by atomic mass is 19.4. The van der Waals surface area contributed by atoms with Gasteiger partial charge in [-0.3, -0.25) is 4.79 Å². The van der Waals surface area contributed by atoms with Crippen LogP contribution in [0.15, 0.2) is 54.6 Å². The lowest BCUT2D eigenvalue weighted by Crippen LogP contribution is -2.73. The van der Waals surface area contributed by atoms with Crippen molar-refractivity contribution in [3.05, 3.63) is 65.7 Å². The lowest BCUT2D eigenvalue weighted by Gasteiger charge is -2.44. The number of rotatable bonds is 6. The fourth-order valence-electron chi connectivity index (χ4n) is 3.33. The number of carbonyl (C=O) groups excluding carboxylic acids is 2. The summed E-state index contributed by atoms with van der Waals surface area (Å²) >= 11 is 0. The first-order chi connectivity index (χ1) is 14.7. The van der Waals surface area contributed by atoms with Crippen molar-refractivity contribution >= 4 is 12.0 Å². The zero-order chi connectivity index (χ0) is 22.6. The topological polar surface area (TPSA) is 96.9 Å². The quantitative estimate of drug-likeness (QED) is 0.603. The Balaban J connectivity index is 1.87. The van der Waals surface area contributed by atoms with Crippen LogP contribution >= 0.6 is 0 Å². The average molecular weight is 438 g/mol. The maximum atomic E-state index is 13.6. The first-order valence-corrected chi connectivity index (χ1v) is 9.47. The van der Waals surface area contributed by atoms with Crippen LogP contribution in [-0.2, 0) is 16.1 Å². The smallest absolute Gasteiger partial charge is 0.437 e. The van der Waals surface area contributed by atoms with Crippen molar-refractivity contribution < 1.29 is 37.3 Å². The molecule has 0 unspecified atom stereocenters. The van der Waals surface area contributed by atoms with Crippen molar-refractivity contribution in [1.82, 2.24) is 10.6 Å². The molecule has 1 fully saturated rings. The third-order valence-corrected chi connectivity index (χ3v) is 4.83. The van der Waals surface area contributed by atoms with Crippen LogP contribution in [0.4, 0.5) is 18.0 Å². The average Bonchev–Trinajstić information content (AvgIpc) is 2.72. The van der Waals surface area contributed by atoms with E-state index in [2.05, 4.69) is 5.32 Å². The number of halogens is 3. The van der Waals surface area contributed by atoms with E-state index < -0.39 is 35.9 Å². The van der Waals surface area contributed by atoms with Crippen LogP contribution in [0, 0.1) is 5.92 Å². The van der Waals surface area contributed by atoms with Gasteiger partial charge >= 0.3 is 18.2 Å². The monoisotopic (exact) mass is 438 g/mol. The maximum absolute atomic E-state index is 13.6. The summed E-state index contributed by atoms with van der Waals surface area (Å²) in [5, 5.41) is 14.0. The van der Waals surface area contributed by atoms with Gasteiger partial charge in [-0.25, -0.2) is 4.79 Å². The van der Waals surface area contributed by atoms with Crippen molar-refractivity contribution in [2.75, 3.05) is 6.61 Å². The lowest BCUT2D eigenvalue weighted by molar-refractivity contribution is -0.294. The Hall–Kier alpha value is -3.27. The number of alkyl halides is 3. The van der Waals surface area contributed by atoms with Crippen molar-refractivity contribution in [2.24, 2.45) is 5.92 Å². The van der Waals surface area contributed by atoms with Crippen LogP contribution < -0.4 is 15.4 Å². The highest BCUT2D eigenvalue weighted by Crippen LogP contribution is 2.43. The molecule has 0 radical (unpaired) electrons. The minimum Gasteiger partial charge on any atom is -0.489 e. The van der Waals surface area contributed by atoms with Gasteiger partial charge in [-0.2, -0.15) is 13.2 Å². The fraction of sp³-hybridized carbons (Fsp3) is 0.333. The second-order valence-electron chi connectivity index (χ2n) is 6.91. The maximum Gasteiger partial charge on any atom is 0.437 e. The van der Waals surface area contributed by atoms with E-state index in [0.29, 0.717) is 5.75 Å². The molecule has 2 aromatic carbocycles. The predicted molar refractivity (Wildman–Crippen MR) is 103 cm³/mol. The van der Waals surface area contributed by atoms with E-state index in [1.54, 1.807) is 0 Å². The number of aliphatic hydroxyl groups is 1. The molecular formula is C21H21F3N2O5. The van der Waals surface area contributed by atoms with Crippen LogP contribution in [0.1, 0.15) is 24.1 Å². The summed E-state index contributed by atoms with van der Waals surface area (Å²) in [7, 11) is 0. The third-order valence-electron chi connectivity index (χ3n) is 4.83. The molecule has 1 saturated heterocycles. The zero-order valence-electron chi connectivity index (χ0n) is 16.5. The van der Waals surface area contributed by atoms with Gasteiger partial charge in [0.15, 0.2) is 0 Å². The number of nitrogens with one attached hydrogen (secondary N) is 2. The zero-order valence-corrected chi connectivity index (χ0v) is 16.5. The molecule has 10 heteroatoms. The van der Waals surface area contributed by atoms with Gasteiger partial charge < -0.3 is 25.2 Å². The van der Waals surface area contributed by atoms with Crippen molar-refractivity contribution in [3.8, 4) is 5.75 Å². The summed E-state index contributed by atoms with van der Waals surface area (Å²) in [5.74, 6) is -3.03. The Morgan fingerprint density at radius 1 is 1.13 bits per heavy atom. The van der Waals surface area contributed by atoms with Crippen LogP contribution in [0.5, 0.6) is 5.75 Å². The molecule has 7 nitrogen and oxygen atoms in total. The molecule has 3 N–H and O–H groups in total. The number of benzene rings is 2.